The summed E-state index contributed by atoms with van der Waals surface area (Å²) in [4.78, 5) is 19.4. The minimum atomic E-state index is -0.0381. The molecule has 8 heteroatoms. The first kappa shape index (κ1) is 22.4. The number of carbonyl (C=O) groups is 1. The van der Waals surface area contributed by atoms with E-state index in [1.165, 1.54) is 5.56 Å². The van der Waals surface area contributed by atoms with Crippen molar-refractivity contribution in [3.63, 3.8) is 0 Å². The highest BCUT2D eigenvalue weighted by atomic mass is 35.5. The van der Waals surface area contributed by atoms with Gasteiger partial charge in [0.1, 0.15) is 0 Å². The Morgan fingerprint density at radius 3 is 2.54 bits per heavy atom. The van der Waals surface area contributed by atoms with Gasteiger partial charge in [-0.15, -0.1) is 36.2 Å². The Morgan fingerprint density at radius 1 is 1.18 bits per heavy atom. The van der Waals surface area contributed by atoms with E-state index in [9.17, 15) is 4.79 Å². The Hall–Kier alpha value is -1.86. The number of amides is 1. The average Bonchev–Trinajstić information content (AvgIpc) is 3.35. The molecule has 2 aromatic heterocycles. The molecule has 150 valence electrons. The van der Waals surface area contributed by atoms with Crippen LogP contribution in [-0.4, -0.2) is 39.5 Å². The predicted octanol–water partition coefficient (Wildman–Crippen LogP) is 3.96. The summed E-state index contributed by atoms with van der Waals surface area (Å²) in [6, 6.07) is 12.1. The van der Waals surface area contributed by atoms with E-state index in [1.807, 2.05) is 53.0 Å². The quantitative estimate of drug-likeness (QED) is 0.672. The van der Waals surface area contributed by atoms with Crippen molar-refractivity contribution < 1.29 is 4.79 Å². The Bertz CT molecular complexity index is 927. The largest absolute Gasteiger partial charge is 0.336 e. The van der Waals surface area contributed by atoms with Crippen LogP contribution in [-0.2, 0) is 0 Å². The molecular weight excluding hydrogens is 415 g/mol. The van der Waals surface area contributed by atoms with Crippen LogP contribution in [0.1, 0.15) is 33.2 Å². The van der Waals surface area contributed by atoms with Crippen LogP contribution in [0.25, 0.3) is 5.13 Å². The molecule has 0 aliphatic carbocycles. The number of rotatable bonds is 3. The predicted molar refractivity (Wildman–Crippen MR) is 118 cm³/mol. The van der Waals surface area contributed by atoms with Gasteiger partial charge in [-0.1, -0.05) is 30.3 Å². The molecule has 0 spiro atoms. The van der Waals surface area contributed by atoms with Gasteiger partial charge in [-0.2, -0.15) is 0 Å². The third-order valence-electron chi connectivity index (χ3n) is 5.15. The molecule has 1 aliphatic rings. The molecule has 0 unspecified atom stereocenters. The molecule has 3 heterocycles. The summed E-state index contributed by atoms with van der Waals surface area (Å²) in [6.07, 6.45) is 1.78. The number of benzene rings is 1. The first-order chi connectivity index (χ1) is 12.6. The number of nitrogens with two attached hydrogens (primary N) is 1. The second-order valence-corrected chi connectivity index (χ2v) is 7.70. The number of nitrogens with zero attached hydrogens (tertiary/aromatic N) is 3. The maximum absolute atomic E-state index is 13.2. The Kier molecular flexibility index (Phi) is 7.28. The molecule has 0 bridgehead atoms. The number of carbonyl (C=O) groups excluding carboxylic acids is 1. The Morgan fingerprint density at radius 2 is 1.89 bits per heavy atom. The summed E-state index contributed by atoms with van der Waals surface area (Å²) < 4.78 is 2.04. The van der Waals surface area contributed by atoms with Gasteiger partial charge < -0.3 is 10.6 Å². The van der Waals surface area contributed by atoms with Crippen LogP contribution in [0, 0.1) is 13.8 Å². The second kappa shape index (κ2) is 9.09. The first-order valence-electron chi connectivity index (χ1n) is 8.75. The van der Waals surface area contributed by atoms with Crippen molar-refractivity contribution in [2.24, 2.45) is 5.73 Å². The lowest BCUT2D eigenvalue weighted by Gasteiger charge is -2.16. The standard InChI is InChI=1S/C20H22N4OS.2ClH/c1-13-10-16(14(2)24(13)20-22-8-9-26-20)19(25)23-11-17(18(21)12-23)15-6-4-3-5-7-15;;/h3-10,17-18H,11-12,21H2,1-2H3;2*1H/t17-,18+;;/m0../s1. The van der Waals surface area contributed by atoms with E-state index in [1.54, 1.807) is 17.5 Å². The summed E-state index contributed by atoms with van der Waals surface area (Å²) in [5, 5.41) is 2.83. The zero-order valence-electron chi connectivity index (χ0n) is 15.7. The van der Waals surface area contributed by atoms with Crippen molar-refractivity contribution in [2.45, 2.75) is 25.8 Å². The number of hydrogen-bond donors (Lipinski definition) is 1. The fraction of sp³-hybridized carbons (Fsp3) is 0.300. The van der Waals surface area contributed by atoms with Gasteiger partial charge in [0.15, 0.2) is 5.13 Å². The average molecular weight is 439 g/mol. The van der Waals surface area contributed by atoms with Crippen molar-refractivity contribution in [3.05, 3.63) is 70.5 Å². The lowest BCUT2D eigenvalue weighted by molar-refractivity contribution is 0.0788. The topological polar surface area (TPSA) is 64.2 Å². The zero-order chi connectivity index (χ0) is 18.3. The zero-order valence-corrected chi connectivity index (χ0v) is 18.2. The number of aromatic nitrogens is 2. The van der Waals surface area contributed by atoms with E-state index in [0.29, 0.717) is 13.1 Å². The van der Waals surface area contributed by atoms with Crippen molar-refractivity contribution in [1.29, 1.82) is 0 Å². The summed E-state index contributed by atoms with van der Waals surface area (Å²) in [5.74, 6) is 0.234. The molecule has 4 rings (SSSR count). The fourth-order valence-electron chi connectivity index (χ4n) is 3.82. The normalized spacial score (nSPS) is 18.5. The number of likely N-dealkylation sites (tertiary alicyclic amines) is 1. The monoisotopic (exact) mass is 438 g/mol. The van der Waals surface area contributed by atoms with Gasteiger partial charge in [0, 0.05) is 48.0 Å². The smallest absolute Gasteiger partial charge is 0.255 e. The number of hydrogen-bond acceptors (Lipinski definition) is 4. The van der Waals surface area contributed by atoms with Crippen molar-refractivity contribution in [3.8, 4) is 5.13 Å². The van der Waals surface area contributed by atoms with Crippen LogP contribution in [0.15, 0.2) is 48.0 Å². The van der Waals surface area contributed by atoms with Gasteiger partial charge in [-0.25, -0.2) is 4.98 Å². The molecule has 0 saturated carbocycles. The van der Waals surface area contributed by atoms with Gasteiger partial charge >= 0.3 is 0 Å². The molecule has 2 atom stereocenters. The van der Waals surface area contributed by atoms with Crippen molar-refractivity contribution in [1.82, 2.24) is 14.5 Å². The highest BCUT2D eigenvalue weighted by Crippen LogP contribution is 2.29. The van der Waals surface area contributed by atoms with E-state index < -0.39 is 0 Å². The van der Waals surface area contributed by atoms with Crippen LogP contribution in [0.2, 0.25) is 0 Å². The van der Waals surface area contributed by atoms with Crippen molar-refractivity contribution in [2.75, 3.05) is 13.1 Å². The molecule has 2 N–H and O–H groups in total. The Labute approximate surface area is 181 Å². The molecule has 1 aromatic carbocycles. The minimum absolute atomic E-state index is 0. The van der Waals surface area contributed by atoms with Gasteiger partial charge in [0.25, 0.3) is 5.91 Å². The molecular formula is C20H24Cl2N4OS. The van der Waals surface area contributed by atoms with Crippen LogP contribution >= 0.6 is 36.2 Å². The third kappa shape index (κ3) is 3.96. The maximum atomic E-state index is 13.2. The van der Waals surface area contributed by atoms with Crippen LogP contribution in [0.5, 0.6) is 0 Å². The third-order valence-corrected chi connectivity index (χ3v) is 5.91. The summed E-state index contributed by atoms with van der Waals surface area (Å²) in [7, 11) is 0. The molecule has 1 aliphatic heterocycles. The lowest BCUT2D eigenvalue weighted by atomic mass is 9.95. The summed E-state index contributed by atoms with van der Waals surface area (Å²) in [6.45, 7) is 5.23. The van der Waals surface area contributed by atoms with Gasteiger partial charge in [0.05, 0.1) is 5.56 Å². The summed E-state index contributed by atoms with van der Waals surface area (Å²) >= 11 is 1.57. The molecule has 0 radical (unpaired) electrons. The van der Waals surface area contributed by atoms with E-state index in [2.05, 4.69) is 17.1 Å². The van der Waals surface area contributed by atoms with Gasteiger partial charge in [-0.05, 0) is 25.5 Å². The molecule has 5 nitrogen and oxygen atoms in total. The van der Waals surface area contributed by atoms with E-state index in [4.69, 9.17) is 5.73 Å². The fourth-order valence-corrected chi connectivity index (χ4v) is 4.57. The first-order valence-corrected chi connectivity index (χ1v) is 9.63. The number of aryl methyl sites for hydroxylation is 1. The highest BCUT2D eigenvalue weighted by molar-refractivity contribution is 7.12. The molecule has 28 heavy (non-hydrogen) atoms. The van der Waals surface area contributed by atoms with Crippen LogP contribution in [0.4, 0.5) is 0 Å². The molecule has 1 saturated heterocycles. The number of thiazole rings is 1. The van der Waals surface area contributed by atoms with Gasteiger partial charge in [0.2, 0.25) is 0 Å². The second-order valence-electron chi connectivity index (χ2n) is 6.83. The van der Waals surface area contributed by atoms with Crippen molar-refractivity contribution >= 4 is 42.1 Å². The molecule has 1 amide bonds. The maximum Gasteiger partial charge on any atom is 0.255 e. The highest BCUT2D eigenvalue weighted by Gasteiger charge is 2.35. The molecule has 3 aromatic rings. The van der Waals surface area contributed by atoms with E-state index in [-0.39, 0.29) is 42.7 Å². The SMILES string of the molecule is Cc1cc(C(=O)N2C[C@@H](N)[C@H](c3ccccc3)C2)c(C)n1-c1nccs1.Cl.Cl. The molecule has 1 fully saturated rings. The van der Waals surface area contributed by atoms with Crippen LogP contribution in [0.3, 0.4) is 0 Å². The summed E-state index contributed by atoms with van der Waals surface area (Å²) in [5.41, 5.74) is 10.2. The van der Waals surface area contributed by atoms with E-state index in [0.717, 1.165) is 22.1 Å². The van der Waals surface area contributed by atoms with Gasteiger partial charge in [-0.3, -0.25) is 9.36 Å². The van der Waals surface area contributed by atoms with Crippen LogP contribution < -0.4 is 5.73 Å². The number of halogens is 2. The Balaban J connectivity index is 0.00000140. The van der Waals surface area contributed by atoms with E-state index >= 15 is 0 Å². The lowest BCUT2D eigenvalue weighted by Crippen LogP contribution is -2.32. The minimum Gasteiger partial charge on any atom is -0.336 e.